The molecule has 0 fully saturated rings. The van der Waals surface area contributed by atoms with Crippen molar-refractivity contribution in [2.24, 2.45) is 0 Å². The van der Waals surface area contributed by atoms with Gasteiger partial charge in [0.15, 0.2) is 8.07 Å². The third-order valence-electron chi connectivity index (χ3n) is 11.2. The molecule has 3 heteroatoms. The summed E-state index contributed by atoms with van der Waals surface area (Å²) in [7, 11) is -3.26. The van der Waals surface area contributed by atoms with E-state index in [1.165, 1.54) is 48.2 Å². The maximum atomic E-state index is 8.90. The Morgan fingerprint density at radius 3 is 1.63 bits per heavy atom. The molecule has 2 aliphatic rings. The minimum Gasteiger partial charge on any atom is -0.0895 e. The van der Waals surface area contributed by atoms with Crippen LogP contribution in [0.5, 0.6) is 0 Å². The Balaban J connectivity index is 1.39. The van der Waals surface area contributed by atoms with Crippen molar-refractivity contribution in [1.82, 2.24) is 0 Å². The van der Waals surface area contributed by atoms with E-state index in [2.05, 4.69) is 129 Å². The van der Waals surface area contributed by atoms with Gasteiger partial charge in [-0.15, -0.1) is 0 Å². The predicted molar refractivity (Wildman–Crippen MR) is 226 cm³/mol. The lowest BCUT2D eigenvalue weighted by Crippen LogP contribution is -2.75. The molecule has 1 atom stereocenters. The van der Waals surface area contributed by atoms with Gasteiger partial charge < -0.3 is 0 Å². The summed E-state index contributed by atoms with van der Waals surface area (Å²) in [5, 5.41) is 4.67. The zero-order valence-electron chi connectivity index (χ0n) is 35.4. The molecule has 0 saturated carbocycles. The minimum atomic E-state index is -3.26. The molecule has 1 unspecified atom stereocenters. The van der Waals surface area contributed by atoms with Gasteiger partial charge in [-0.05, 0) is 78.7 Å². The quantitative estimate of drug-likeness (QED) is 0.128. The van der Waals surface area contributed by atoms with Crippen LogP contribution < -0.4 is 20.7 Å². The van der Waals surface area contributed by atoms with E-state index >= 15 is 0 Å². The van der Waals surface area contributed by atoms with E-state index in [1.54, 1.807) is 6.92 Å². The van der Waals surface area contributed by atoms with E-state index in [4.69, 9.17) is 8.22 Å². The molecule has 0 N–H and O–H groups in total. The van der Waals surface area contributed by atoms with E-state index in [1.807, 2.05) is 60.3 Å². The van der Waals surface area contributed by atoms with E-state index < -0.39 is 27.2 Å². The van der Waals surface area contributed by atoms with Crippen molar-refractivity contribution in [1.29, 1.82) is 0 Å². The molecule has 2 aliphatic heterocycles. The standard InChI is InChI=1S/C49H42S2Si/c1-33-30-31-36(32-38(33)37-22-16-25-41-46(37)50-43-27-14-12-23-39(43)48(41,2)3)52(34-18-8-6-9-19-34,35-20-10-7-11-21-35)45-29-17-26-42-47(45)51-44-28-15-13-24-40(44)49(42,4)5/h6-32H,1-5H3/i1D3,2D3. The maximum absolute atomic E-state index is 8.90. The second kappa shape index (κ2) is 12.6. The Labute approximate surface area is 326 Å². The molecule has 0 amide bonds. The molecule has 0 aliphatic carbocycles. The highest BCUT2D eigenvalue weighted by Gasteiger charge is 2.46. The number of aryl methyl sites for hydroxylation is 1. The molecule has 0 nitrogen and oxygen atoms in total. The van der Waals surface area contributed by atoms with Crippen LogP contribution in [0.25, 0.3) is 11.1 Å². The molecule has 0 aromatic heterocycles. The normalized spacial score (nSPS) is 19.2. The van der Waals surface area contributed by atoms with E-state index in [0.29, 0.717) is 11.1 Å². The first-order chi connectivity index (χ1) is 27.7. The van der Waals surface area contributed by atoms with E-state index in [9.17, 15) is 0 Å². The van der Waals surface area contributed by atoms with Gasteiger partial charge in [-0.3, -0.25) is 0 Å². The Morgan fingerprint density at radius 2 is 1.00 bits per heavy atom. The highest BCUT2D eigenvalue weighted by Crippen LogP contribution is 2.52. The van der Waals surface area contributed by atoms with Gasteiger partial charge >= 0.3 is 0 Å². The smallest absolute Gasteiger partial charge is 0.0895 e. The summed E-state index contributed by atoms with van der Waals surface area (Å²) in [5.41, 5.74) is 4.00. The van der Waals surface area contributed by atoms with Crippen LogP contribution >= 0.6 is 23.5 Å². The van der Waals surface area contributed by atoms with Crippen LogP contribution in [0.1, 0.15) is 63.7 Å². The second-order valence-corrected chi connectivity index (χ2v) is 20.4. The van der Waals surface area contributed by atoms with Gasteiger partial charge in [-0.1, -0.05) is 203 Å². The summed E-state index contributed by atoms with van der Waals surface area (Å²) in [4.78, 5) is 4.12. The van der Waals surface area contributed by atoms with Gasteiger partial charge in [0.1, 0.15) is 0 Å². The first-order valence-electron chi connectivity index (χ1n) is 20.8. The average Bonchev–Trinajstić information content (AvgIpc) is 3.21. The van der Waals surface area contributed by atoms with E-state index in [-0.39, 0.29) is 11.0 Å². The lowest BCUT2D eigenvalue weighted by molar-refractivity contribution is 0.608. The van der Waals surface area contributed by atoms with Crippen molar-refractivity contribution in [2.45, 2.75) is 64.9 Å². The molecule has 0 spiro atoms. The number of hydrogen-bond acceptors (Lipinski definition) is 2. The van der Waals surface area contributed by atoms with Gasteiger partial charge in [-0.25, -0.2) is 0 Å². The molecule has 9 rings (SSSR count). The Bertz CT molecular complexity index is 2670. The van der Waals surface area contributed by atoms with Crippen molar-refractivity contribution in [3.05, 3.63) is 192 Å². The molecule has 0 bridgehead atoms. The fourth-order valence-electron chi connectivity index (χ4n) is 8.58. The number of benzene rings is 7. The van der Waals surface area contributed by atoms with Gasteiger partial charge in [0.05, 0.1) is 0 Å². The summed E-state index contributed by atoms with van der Waals surface area (Å²) in [6, 6.07) is 56.5. The van der Waals surface area contributed by atoms with Crippen LogP contribution in [-0.4, -0.2) is 8.07 Å². The van der Waals surface area contributed by atoms with Gasteiger partial charge in [0.25, 0.3) is 0 Å². The average molecular weight is 729 g/mol. The minimum absolute atomic E-state index is 0.239. The molecule has 2 heterocycles. The summed E-state index contributed by atoms with van der Waals surface area (Å²) in [5.74, 6) is 0. The molecule has 52 heavy (non-hydrogen) atoms. The SMILES string of the molecule is [2H]C([2H])([2H])c1ccc([Si](c2ccccc2)(c2ccccc2)c2cccc3c2Sc2ccccc2C3(C)C)cc1-c1cccc2c1Sc1ccccc1C2(C)C([2H])([2H])[2H]. The molecular formula is C49H42S2Si. The van der Waals surface area contributed by atoms with Gasteiger partial charge in [0.2, 0.25) is 0 Å². The number of rotatable bonds is 5. The highest BCUT2D eigenvalue weighted by atomic mass is 32.2. The fourth-order valence-corrected chi connectivity index (χ4v) is 16.9. The van der Waals surface area contributed by atoms with Crippen LogP contribution in [0.3, 0.4) is 0 Å². The van der Waals surface area contributed by atoms with Crippen LogP contribution in [0, 0.1) is 6.85 Å². The number of hydrogen-bond donors (Lipinski definition) is 0. The molecule has 7 aromatic rings. The highest BCUT2D eigenvalue weighted by molar-refractivity contribution is 8.00. The third kappa shape index (κ3) is 4.97. The monoisotopic (exact) mass is 728 g/mol. The summed E-state index contributed by atoms with van der Waals surface area (Å²) in [6.45, 7) is 1.62. The maximum Gasteiger partial charge on any atom is 0.180 e. The van der Waals surface area contributed by atoms with Crippen molar-refractivity contribution in [2.75, 3.05) is 0 Å². The van der Waals surface area contributed by atoms with Crippen molar-refractivity contribution < 1.29 is 8.22 Å². The third-order valence-corrected chi connectivity index (χ3v) is 18.6. The number of fused-ring (bicyclic) bond motifs is 4. The molecular weight excluding hydrogens is 681 g/mol. The predicted octanol–water partition coefficient (Wildman–Crippen LogP) is 10.6. The Hall–Kier alpha value is -4.54. The molecule has 7 aromatic carbocycles. The van der Waals surface area contributed by atoms with Gasteiger partial charge in [-0.2, -0.15) is 0 Å². The second-order valence-electron chi connectivity index (χ2n) is 14.6. The van der Waals surface area contributed by atoms with Crippen LogP contribution in [0.15, 0.2) is 183 Å². The summed E-state index contributed by atoms with van der Waals surface area (Å²) >= 11 is 3.36. The molecule has 254 valence electrons. The van der Waals surface area contributed by atoms with Crippen LogP contribution in [-0.2, 0) is 10.8 Å². The summed E-state index contributed by atoms with van der Waals surface area (Å²) in [6.07, 6.45) is 0. The molecule has 0 saturated heterocycles. The lowest BCUT2D eigenvalue weighted by Gasteiger charge is -2.41. The van der Waals surface area contributed by atoms with Crippen molar-refractivity contribution in [3.63, 3.8) is 0 Å². The van der Waals surface area contributed by atoms with E-state index in [0.717, 1.165) is 26.1 Å². The first kappa shape index (κ1) is 27.1. The fraction of sp³-hybridized carbons (Fsp3) is 0.143. The first-order valence-corrected chi connectivity index (χ1v) is 21.4. The van der Waals surface area contributed by atoms with Gasteiger partial charge in [0, 0.05) is 38.6 Å². The zero-order valence-corrected chi connectivity index (χ0v) is 32.0. The Morgan fingerprint density at radius 1 is 0.462 bits per heavy atom. The van der Waals surface area contributed by atoms with Crippen molar-refractivity contribution >= 4 is 52.3 Å². The van der Waals surface area contributed by atoms with Crippen LogP contribution in [0.2, 0.25) is 0 Å². The Kier molecular flexibility index (Phi) is 6.55. The van der Waals surface area contributed by atoms with Crippen LogP contribution in [0.4, 0.5) is 0 Å². The largest absolute Gasteiger partial charge is 0.180 e. The molecule has 0 radical (unpaired) electrons. The zero-order chi connectivity index (χ0) is 40.7. The lowest BCUT2D eigenvalue weighted by atomic mass is 9.76. The summed E-state index contributed by atoms with van der Waals surface area (Å²) < 4.78 is 53.4. The topological polar surface area (TPSA) is 0 Å². The van der Waals surface area contributed by atoms with Crippen molar-refractivity contribution in [3.8, 4) is 11.1 Å².